The summed E-state index contributed by atoms with van der Waals surface area (Å²) in [5.74, 6) is -0.335. The first kappa shape index (κ1) is 14.5. The van der Waals surface area contributed by atoms with Gasteiger partial charge in [0, 0.05) is 6.04 Å². The van der Waals surface area contributed by atoms with Crippen LogP contribution in [0.2, 0.25) is 0 Å². The standard InChI is InChI=1S/C13H26N2O2/c1-6-9-8-10(11(14)15(9)7-2)12(16)17-13(3,4)5/h9-11H,6-8,14H2,1-5H3. The third-order valence-electron chi connectivity index (χ3n) is 3.34. The highest BCUT2D eigenvalue weighted by atomic mass is 16.6. The van der Waals surface area contributed by atoms with E-state index in [2.05, 4.69) is 18.7 Å². The lowest BCUT2D eigenvalue weighted by Crippen LogP contribution is -2.45. The lowest BCUT2D eigenvalue weighted by molar-refractivity contribution is -0.160. The summed E-state index contributed by atoms with van der Waals surface area (Å²) in [6.45, 7) is 10.8. The van der Waals surface area contributed by atoms with Gasteiger partial charge in [-0.15, -0.1) is 0 Å². The van der Waals surface area contributed by atoms with Crippen LogP contribution in [0.15, 0.2) is 0 Å². The Labute approximate surface area is 104 Å². The maximum Gasteiger partial charge on any atom is 0.312 e. The second-order valence-electron chi connectivity index (χ2n) is 5.76. The number of hydrogen-bond acceptors (Lipinski definition) is 4. The maximum absolute atomic E-state index is 12.1. The second kappa shape index (κ2) is 5.36. The van der Waals surface area contributed by atoms with E-state index in [9.17, 15) is 4.79 Å². The van der Waals surface area contributed by atoms with Gasteiger partial charge in [0.05, 0.1) is 12.1 Å². The van der Waals surface area contributed by atoms with Gasteiger partial charge in [0.25, 0.3) is 0 Å². The molecule has 2 N–H and O–H groups in total. The molecular formula is C13H26N2O2. The average molecular weight is 242 g/mol. The molecule has 1 rings (SSSR count). The third kappa shape index (κ3) is 3.42. The molecule has 3 atom stereocenters. The van der Waals surface area contributed by atoms with E-state index < -0.39 is 5.60 Å². The molecule has 0 amide bonds. The van der Waals surface area contributed by atoms with Gasteiger partial charge in [-0.25, -0.2) is 0 Å². The van der Waals surface area contributed by atoms with Crippen LogP contribution in [0.25, 0.3) is 0 Å². The predicted molar refractivity (Wildman–Crippen MR) is 68.4 cm³/mol. The number of nitrogens with two attached hydrogens (primary N) is 1. The number of ether oxygens (including phenoxy) is 1. The Morgan fingerprint density at radius 2 is 2.00 bits per heavy atom. The minimum Gasteiger partial charge on any atom is -0.460 e. The molecule has 0 saturated carbocycles. The van der Waals surface area contributed by atoms with Crippen molar-refractivity contribution in [2.75, 3.05) is 6.54 Å². The highest BCUT2D eigenvalue weighted by molar-refractivity contribution is 5.74. The molecule has 100 valence electrons. The van der Waals surface area contributed by atoms with Crippen LogP contribution in [-0.2, 0) is 9.53 Å². The molecule has 4 nitrogen and oxygen atoms in total. The van der Waals surface area contributed by atoms with Crippen molar-refractivity contribution < 1.29 is 9.53 Å². The quantitative estimate of drug-likeness (QED) is 0.766. The Balaban J connectivity index is 2.70. The summed E-state index contributed by atoms with van der Waals surface area (Å²) in [5.41, 5.74) is 5.71. The summed E-state index contributed by atoms with van der Waals surface area (Å²) in [4.78, 5) is 14.3. The van der Waals surface area contributed by atoms with Crippen molar-refractivity contribution in [1.29, 1.82) is 0 Å². The second-order valence-corrected chi connectivity index (χ2v) is 5.76. The van der Waals surface area contributed by atoms with Crippen LogP contribution in [0, 0.1) is 5.92 Å². The molecule has 0 spiro atoms. The normalized spacial score (nSPS) is 30.6. The van der Waals surface area contributed by atoms with E-state index in [1.165, 1.54) is 0 Å². The third-order valence-corrected chi connectivity index (χ3v) is 3.34. The Bertz CT molecular complexity index is 273. The van der Waals surface area contributed by atoms with Gasteiger partial charge in [0.15, 0.2) is 0 Å². The summed E-state index contributed by atoms with van der Waals surface area (Å²) in [6, 6.07) is 0.410. The fraction of sp³-hybridized carbons (Fsp3) is 0.923. The van der Waals surface area contributed by atoms with Crippen molar-refractivity contribution in [3.8, 4) is 0 Å². The number of rotatable bonds is 3. The summed E-state index contributed by atoms with van der Waals surface area (Å²) in [7, 11) is 0. The molecular weight excluding hydrogens is 216 g/mol. The van der Waals surface area contributed by atoms with Gasteiger partial charge in [-0.05, 0) is 40.2 Å². The van der Waals surface area contributed by atoms with Crippen LogP contribution >= 0.6 is 0 Å². The van der Waals surface area contributed by atoms with Gasteiger partial charge in [0.1, 0.15) is 5.60 Å². The van der Waals surface area contributed by atoms with Gasteiger partial charge in [-0.2, -0.15) is 0 Å². The van der Waals surface area contributed by atoms with Crippen LogP contribution in [-0.4, -0.2) is 35.2 Å². The number of nitrogens with zero attached hydrogens (tertiary/aromatic N) is 1. The molecule has 0 aromatic heterocycles. The Kier molecular flexibility index (Phi) is 4.55. The smallest absolute Gasteiger partial charge is 0.312 e. The van der Waals surface area contributed by atoms with E-state index in [0.717, 1.165) is 19.4 Å². The monoisotopic (exact) mass is 242 g/mol. The molecule has 1 aliphatic heterocycles. The molecule has 1 saturated heterocycles. The summed E-state index contributed by atoms with van der Waals surface area (Å²) in [5, 5.41) is 0. The van der Waals surface area contributed by atoms with Crippen LogP contribution in [0.4, 0.5) is 0 Å². The first-order valence-electron chi connectivity index (χ1n) is 6.54. The van der Waals surface area contributed by atoms with Crippen molar-refractivity contribution in [1.82, 2.24) is 4.90 Å². The Morgan fingerprint density at radius 1 is 1.41 bits per heavy atom. The maximum atomic E-state index is 12.1. The molecule has 0 aliphatic carbocycles. The molecule has 1 fully saturated rings. The lowest BCUT2D eigenvalue weighted by Gasteiger charge is -2.27. The molecule has 0 aromatic carbocycles. The number of carbonyl (C=O) groups is 1. The van der Waals surface area contributed by atoms with E-state index in [-0.39, 0.29) is 18.1 Å². The highest BCUT2D eigenvalue weighted by Crippen LogP contribution is 2.30. The molecule has 17 heavy (non-hydrogen) atoms. The van der Waals surface area contributed by atoms with Gasteiger partial charge in [-0.3, -0.25) is 9.69 Å². The van der Waals surface area contributed by atoms with E-state index in [4.69, 9.17) is 10.5 Å². The van der Waals surface area contributed by atoms with E-state index in [1.807, 2.05) is 20.8 Å². The summed E-state index contributed by atoms with van der Waals surface area (Å²) >= 11 is 0. The average Bonchev–Trinajstić information content (AvgIpc) is 2.52. The van der Waals surface area contributed by atoms with Crippen molar-refractivity contribution in [3.63, 3.8) is 0 Å². The zero-order valence-electron chi connectivity index (χ0n) is 11.7. The molecule has 4 heteroatoms. The van der Waals surface area contributed by atoms with E-state index in [1.54, 1.807) is 0 Å². The molecule has 1 heterocycles. The summed E-state index contributed by atoms with van der Waals surface area (Å²) in [6.07, 6.45) is 1.65. The van der Waals surface area contributed by atoms with Crippen LogP contribution in [0.1, 0.15) is 47.5 Å². The molecule has 0 bridgehead atoms. The molecule has 1 aliphatic rings. The summed E-state index contributed by atoms with van der Waals surface area (Å²) < 4.78 is 5.43. The Hall–Kier alpha value is -0.610. The SMILES string of the molecule is CCC1CC(C(=O)OC(C)(C)C)C(N)N1CC. The number of carbonyl (C=O) groups excluding carboxylic acids is 1. The number of likely N-dealkylation sites (tertiary alicyclic amines) is 1. The molecule has 0 aromatic rings. The van der Waals surface area contributed by atoms with Gasteiger partial charge < -0.3 is 10.5 Å². The predicted octanol–water partition coefficient (Wildman–Crippen LogP) is 1.73. The fourth-order valence-corrected chi connectivity index (χ4v) is 2.53. The van der Waals surface area contributed by atoms with Crippen molar-refractivity contribution in [2.45, 2.75) is 65.3 Å². The zero-order chi connectivity index (χ0) is 13.2. The first-order chi connectivity index (χ1) is 7.80. The minimum atomic E-state index is -0.432. The van der Waals surface area contributed by atoms with Crippen LogP contribution in [0.3, 0.4) is 0 Å². The topological polar surface area (TPSA) is 55.6 Å². The van der Waals surface area contributed by atoms with Gasteiger partial charge >= 0.3 is 5.97 Å². The lowest BCUT2D eigenvalue weighted by atomic mass is 10.0. The number of esters is 1. The van der Waals surface area contributed by atoms with Crippen LogP contribution < -0.4 is 5.73 Å². The highest BCUT2D eigenvalue weighted by Gasteiger charge is 2.42. The largest absolute Gasteiger partial charge is 0.460 e. The van der Waals surface area contributed by atoms with Gasteiger partial charge in [-0.1, -0.05) is 13.8 Å². The van der Waals surface area contributed by atoms with E-state index >= 15 is 0 Å². The number of hydrogen-bond donors (Lipinski definition) is 1. The fourth-order valence-electron chi connectivity index (χ4n) is 2.53. The Morgan fingerprint density at radius 3 is 2.35 bits per heavy atom. The van der Waals surface area contributed by atoms with Crippen molar-refractivity contribution in [2.24, 2.45) is 11.7 Å². The van der Waals surface area contributed by atoms with Crippen molar-refractivity contribution >= 4 is 5.97 Å². The van der Waals surface area contributed by atoms with Crippen molar-refractivity contribution in [3.05, 3.63) is 0 Å². The molecule has 3 unspecified atom stereocenters. The molecule has 0 radical (unpaired) electrons. The van der Waals surface area contributed by atoms with Gasteiger partial charge in [0.2, 0.25) is 0 Å². The first-order valence-corrected chi connectivity index (χ1v) is 6.54. The zero-order valence-corrected chi connectivity index (χ0v) is 11.7. The van der Waals surface area contributed by atoms with E-state index in [0.29, 0.717) is 6.04 Å². The van der Waals surface area contributed by atoms with Crippen LogP contribution in [0.5, 0.6) is 0 Å². The minimum absolute atomic E-state index is 0.153.